The zero-order valence-corrected chi connectivity index (χ0v) is 12.2. The number of benzene rings is 1. The standard InChI is InChI=1S/C16H23NO3/c1-11(2)12-4-3-8-17(9-7-12)16(20)13-5-6-14(18)15(19)10-13/h5-6,10-12,18-19H,3-4,7-9H2,1-2H3. The Morgan fingerprint density at radius 1 is 1.20 bits per heavy atom. The molecule has 4 nitrogen and oxygen atoms in total. The fourth-order valence-corrected chi connectivity index (χ4v) is 2.83. The van der Waals surface area contributed by atoms with E-state index in [1.54, 1.807) is 6.07 Å². The van der Waals surface area contributed by atoms with Gasteiger partial charge in [-0.15, -0.1) is 0 Å². The molecule has 2 rings (SSSR count). The molecule has 0 aromatic heterocycles. The highest BCUT2D eigenvalue weighted by atomic mass is 16.3. The minimum Gasteiger partial charge on any atom is -0.504 e. The summed E-state index contributed by atoms with van der Waals surface area (Å²) in [6.07, 6.45) is 3.23. The third-order valence-electron chi connectivity index (χ3n) is 4.23. The van der Waals surface area contributed by atoms with Crippen LogP contribution in [0.1, 0.15) is 43.5 Å². The van der Waals surface area contributed by atoms with Gasteiger partial charge in [-0.05, 0) is 49.3 Å². The maximum atomic E-state index is 12.4. The maximum Gasteiger partial charge on any atom is 0.253 e. The van der Waals surface area contributed by atoms with Gasteiger partial charge < -0.3 is 15.1 Å². The van der Waals surface area contributed by atoms with Gasteiger partial charge in [0.05, 0.1) is 0 Å². The summed E-state index contributed by atoms with van der Waals surface area (Å²) in [5.74, 6) is 0.830. The highest BCUT2D eigenvalue weighted by Gasteiger charge is 2.23. The molecule has 1 unspecified atom stereocenters. The number of aromatic hydroxyl groups is 2. The van der Waals surface area contributed by atoms with Gasteiger partial charge in [-0.3, -0.25) is 4.79 Å². The van der Waals surface area contributed by atoms with Gasteiger partial charge in [0.1, 0.15) is 0 Å². The second-order valence-electron chi connectivity index (χ2n) is 5.93. The first-order valence-corrected chi connectivity index (χ1v) is 7.30. The molecule has 0 saturated carbocycles. The fraction of sp³-hybridized carbons (Fsp3) is 0.562. The molecule has 2 N–H and O–H groups in total. The lowest BCUT2D eigenvalue weighted by Crippen LogP contribution is -2.32. The maximum absolute atomic E-state index is 12.4. The van der Waals surface area contributed by atoms with Crippen LogP contribution in [0.25, 0.3) is 0 Å². The van der Waals surface area contributed by atoms with E-state index in [1.807, 2.05) is 4.90 Å². The number of amides is 1. The number of hydrogen-bond donors (Lipinski definition) is 2. The lowest BCUT2D eigenvalue weighted by Gasteiger charge is -2.21. The second-order valence-corrected chi connectivity index (χ2v) is 5.93. The zero-order valence-electron chi connectivity index (χ0n) is 12.2. The summed E-state index contributed by atoms with van der Waals surface area (Å²) in [7, 11) is 0. The molecule has 0 aliphatic carbocycles. The van der Waals surface area contributed by atoms with Crippen molar-refractivity contribution in [3.63, 3.8) is 0 Å². The monoisotopic (exact) mass is 277 g/mol. The minimum atomic E-state index is -0.245. The Labute approximate surface area is 120 Å². The average molecular weight is 277 g/mol. The van der Waals surface area contributed by atoms with Gasteiger partial charge >= 0.3 is 0 Å². The summed E-state index contributed by atoms with van der Waals surface area (Å²) in [4.78, 5) is 14.3. The molecule has 20 heavy (non-hydrogen) atoms. The van der Waals surface area contributed by atoms with E-state index in [4.69, 9.17) is 0 Å². The third kappa shape index (κ3) is 3.24. The number of rotatable bonds is 2. The highest BCUT2D eigenvalue weighted by molar-refractivity contribution is 5.94. The fourth-order valence-electron chi connectivity index (χ4n) is 2.83. The smallest absolute Gasteiger partial charge is 0.253 e. The van der Waals surface area contributed by atoms with Gasteiger partial charge in [0, 0.05) is 18.7 Å². The minimum absolute atomic E-state index is 0.0651. The normalized spacial score (nSPS) is 19.9. The molecule has 1 aromatic carbocycles. The first-order valence-electron chi connectivity index (χ1n) is 7.30. The van der Waals surface area contributed by atoms with Gasteiger partial charge in [-0.25, -0.2) is 0 Å². The van der Waals surface area contributed by atoms with Crippen molar-refractivity contribution in [1.82, 2.24) is 4.90 Å². The number of phenolic OH excluding ortho intramolecular Hbond substituents is 2. The summed E-state index contributed by atoms with van der Waals surface area (Å²) in [6, 6.07) is 4.25. The number of likely N-dealkylation sites (tertiary alicyclic amines) is 1. The zero-order chi connectivity index (χ0) is 14.7. The van der Waals surface area contributed by atoms with Crippen LogP contribution in [0, 0.1) is 11.8 Å². The summed E-state index contributed by atoms with van der Waals surface area (Å²) in [5.41, 5.74) is 0.434. The van der Waals surface area contributed by atoms with Crippen molar-refractivity contribution in [2.75, 3.05) is 13.1 Å². The Kier molecular flexibility index (Phi) is 4.53. The van der Waals surface area contributed by atoms with Crippen LogP contribution in [-0.2, 0) is 0 Å². The topological polar surface area (TPSA) is 60.8 Å². The van der Waals surface area contributed by atoms with Crippen molar-refractivity contribution in [2.45, 2.75) is 33.1 Å². The molecule has 0 radical (unpaired) electrons. The van der Waals surface area contributed by atoms with Crippen LogP contribution in [0.3, 0.4) is 0 Å². The van der Waals surface area contributed by atoms with Gasteiger partial charge in [-0.1, -0.05) is 13.8 Å². The van der Waals surface area contributed by atoms with Crippen molar-refractivity contribution in [3.8, 4) is 11.5 Å². The van der Waals surface area contributed by atoms with Crippen molar-refractivity contribution in [2.24, 2.45) is 11.8 Å². The quantitative estimate of drug-likeness (QED) is 0.817. The molecule has 0 bridgehead atoms. The Bertz CT molecular complexity index is 485. The molecular formula is C16H23NO3. The Balaban J connectivity index is 2.07. The van der Waals surface area contributed by atoms with Crippen molar-refractivity contribution < 1.29 is 15.0 Å². The van der Waals surface area contributed by atoms with Crippen LogP contribution >= 0.6 is 0 Å². The van der Waals surface area contributed by atoms with E-state index >= 15 is 0 Å². The van der Waals surface area contributed by atoms with Crippen LogP contribution < -0.4 is 0 Å². The molecular weight excluding hydrogens is 254 g/mol. The van der Waals surface area contributed by atoms with E-state index < -0.39 is 0 Å². The molecule has 1 atom stereocenters. The van der Waals surface area contributed by atoms with E-state index in [-0.39, 0.29) is 17.4 Å². The lowest BCUT2D eigenvalue weighted by molar-refractivity contribution is 0.0758. The van der Waals surface area contributed by atoms with Crippen molar-refractivity contribution in [1.29, 1.82) is 0 Å². The van der Waals surface area contributed by atoms with Crippen molar-refractivity contribution >= 4 is 5.91 Å². The Morgan fingerprint density at radius 2 is 1.95 bits per heavy atom. The van der Waals surface area contributed by atoms with Gasteiger partial charge in [0.25, 0.3) is 5.91 Å². The summed E-state index contributed by atoms with van der Waals surface area (Å²) in [5, 5.41) is 18.8. The van der Waals surface area contributed by atoms with Gasteiger partial charge in [-0.2, -0.15) is 0 Å². The number of hydrogen-bond acceptors (Lipinski definition) is 3. The lowest BCUT2D eigenvalue weighted by atomic mass is 9.89. The molecule has 1 aliphatic heterocycles. The first-order chi connectivity index (χ1) is 9.49. The van der Waals surface area contributed by atoms with Gasteiger partial charge in [0.2, 0.25) is 0 Å². The number of carbonyl (C=O) groups is 1. The van der Waals surface area contributed by atoms with E-state index in [0.717, 1.165) is 25.9 Å². The van der Waals surface area contributed by atoms with E-state index in [0.29, 0.717) is 17.4 Å². The van der Waals surface area contributed by atoms with Gasteiger partial charge in [0.15, 0.2) is 11.5 Å². The van der Waals surface area contributed by atoms with Crippen LogP contribution in [0.5, 0.6) is 11.5 Å². The molecule has 4 heteroatoms. The van der Waals surface area contributed by atoms with E-state index in [1.165, 1.54) is 18.6 Å². The largest absolute Gasteiger partial charge is 0.504 e. The predicted octanol–water partition coefficient (Wildman–Crippen LogP) is 3.00. The molecule has 1 aliphatic rings. The number of carbonyl (C=O) groups excluding carboxylic acids is 1. The summed E-state index contributed by atoms with van der Waals surface area (Å²) >= 11 is 0. The van der Waals surface area contributed by atoms with Crippen molar-refractivity contribution in [3.05, 3.63) is 23.8 Å². The Morgan fingerprint density at radius 3 is 2.60 bits per heavy atom. The molecule has 110 valence electrons. The Hall–Kier alpha value is -1.71. The summed E-state index contributed by atoms with van der Waals surface area (Å²) in [6.45, 7) is 6.01. The second kappa shape index (κ2) is 6.16. The number of phenols is 2. The number of nitrogens with zero attached hydrogens (tertiary/aromatic N) is 1. The van der Waals surface area contributed by atoms with Crippen LogP contribution in [-0.4, -0.2) is 34.1 Å². The molecule has 0 spiro atoms. The summed E-state index contributed by atoms with van der Waals surface area (Å²) < 4.78 is 0. The first kappa shape index (κ1) is 14.7. The molecule has 1 saturated heterocycles. The van der Waals surface area contributed by atoms with E-state index in [9.17, 15) is 15.0 Å². The third-order valence-corrected chi connectivity index (χ3v) is 4.23. The molecule has 1 fully saturated rings. The highest BCUT2D eigenvalue weighted by Crippen LogP contribution is 2.28. The SMILES string of the molecule is CC(C)C1CCCN(C(=O)c2ccc(O)c(O)c2)CC1. The van der Waals surface area contributed by atoms with E-state index in [2.05, 4.69) is 13.8 Å². The molecule has 1 heterocycles. The van der Waals surface area contributed by atoms with Crippen LogP contribution in [0.15, 0.2) is 18.2 Å². The predicted molar refractivity (Wildman–Crippen MR) is 77.9 cm³/mol. The average Bonchev–Trinajstić information content (AvgIpc) is 2.67. The molecule has 1 amide bonds. The molecule has 1 aromatic rings. The van der Waals surface area contributed by atoms with Crippen LogP contribution in [0.4, 0.5) is 0 Å². The van der Waals surface area contributed by atoms with Crippen LogP contribution in [0.2, 0.25) is 0 Å².